The number of nitrogens with one attached hydrogen (secondary N) is 1. The average molecular weight is 295 g/mol. The lowest BCUT2D eigenvalue weighted by molar-refractivity contribution is -0.118. The van der Waals surface area contributed by atoms with Gasteiger partial charge in [-0.3, -0.25) is 4.79 Å². The van der Waals surface area contributed by atoms with Crippen molar-refractivity contribution in [3.63, 3.8) is 0 Å². The lowest BCUT2D eigenvalue weighted by Gasteiger charge is -2.12. The summed E-state index contributed by atoms with van der Waals surface area (Å²) in [6.45, 7) is 3.96. The van der Waals surface area contributed by atoms with Gasteiger partial charge in [0, 0.05) is 11.3 Å². The number of hydrogen-bond acceptors (Lipinski definition) is 3. The largest absolute Gasteiger partial charge is 0.453 e. The highest BCUT2D eigenvalue weighted by atomic mass is 16.5. The Kier molecular flexibility index (Phi) is 3.67. The highest BCUT2D eigenvalue weighted by Gasteiger charge is 2.32. The van der Waals surface area contributed by atoms with E-state index in [1.807, 2.05) is 44.2 Å². The van der Waals surface area contributed by atoms with Crippen molar-refractivity contribution in [3.05, 3.63) is 64.7 Å². The topological polar surface area (TPSA) is 55.4 Å². The molecule has 2 aromatic rings. The maximum Gasteiger partial charge on any atom is 0.339 e. The van der Waals surface area contributed by atoms with E-state index in [0.29, 0.717) is 5.56 Å². The number of esters is 1. The summed E-state index contributed by atoms with van der Waals surface area (Å²) < 4.78 is 5.29. The quantitative estimate of drug-likeness (QED) is 0.881. The Morgan fingerprint density at radius 1 is 1.18 bits per heavy atom. The zero-order valence-corrected chi connectivity index (χ0v) is 12.6. The molecule has 112 valence electrons. The van der Waals surface area contributed by atoms with Crippen LogP contribution >= 0.6 is 0 Å². The van der Waals surface area contributed by atoms with E-state index in [-0.39, 0.29) is 18.3 Å². The SMILES string of the molecule is Cc1ccc(NC(=O)C[C@H]2OC(=O)c3ccccc32)c(C)c1. The van der Waals surface area contributed by atoms with Crippen LogP contribution < -0.4 is 5.32 Å². The molecule has 1 heterocycles. The molecular weight excluding hydrogens is 278 g/mol. The number of rotatable bonds is 3. The number of ether oxygens (including phenoxy) is 1. The van der Waals surface area contributed by atoms with Crippen molar-refractivity contribution in [2.24, 2.45) is 0 Å². The molecule has 0 unspecified atom stereocenters. The van der Waals surface area contributed by atoms with Crippen molar-refractivity contribution in [2.45, 2.75) is 26.4 Å². The van der Waals surface area contributed by atoms with Gasteiger partial charge >= 0.3 is 5.97 Å². The number of carbonyl (C=O) groups excluding carboxylic acids is 2. The third kappa shape index (κ3) is 2.72. The third-order valence-corrected chi connectivity index (χ3v) is 3.80. The van der Waals surface area contributed by atoms with Gasteiger partial charge in [0.15, 0.2) is 0 Å². The number of anilines is 1. The average Bonchev–Trinajstić information content (AvgIpc) is 2.79. The van der Waals surface area contributed by atoms with Gasteiger partial charge in [0.25, 0.3) is 0 Å². The van der Waals surface area contributed by atoms with E-state index < -0.39 is 6.10 Å². The van der Waals surface area contributed by atoms with Crippen LogP contribution in [0.2, 0.25) is 0 Å². The Morgan fingerprint density at radius 2 is 1.95 bits per heavy atom. The first-order valence-electron chi connectivity index (χ1n) is 7.21. The summed E-state index contributed by atoms with van der Waals surface area (Å²) in [4.78, 5) is 24.0. The predicted molar refractivity (Wildman–Crippen MR) is 83.8 cm³/mol. The van der Waals surface area contributed by atoms with Crippen molar-refractivity contribution < 1.29 is 14.3 Å². The normalized spacial score (nSPS) is 16.1. The second kappa shape index (κ2) is 5.64. The summed E-state index contributed by atoms with van der Waals surface area (Å²) in [5.41, 5.74) is 4.27. The zero-order valence-electron chi connectivity index (χ0n) is 12.6. The molecule has 1 atom stereocenters. The molecule has 0 saturated carbocycles. The molecule has 1 aliphatic rings. The van der Waals surface area contributed by atoms with Gasteiger partial charge < -0.3 is 10.1 Å². The molecule has 0 spiro atoms. The molecule has 0 radical (unpaired) electrons. The van der Waals surface area contributed by atoms with Crippen molar-refractivity contribution in [1.82, 2.24) is 0 Å². The standard InChI is InChI=1S/C18H17NO3/c1-11-7-8-15(12(2)9-11)19-17(20)10-16-13-5-3-4-6-14(13)18(21)22-16/h3-9,16H,10H2,1-2H3,(H,19,20)/t16-/m1/s1. The summed E-state index contributed by atoms with van der Waals surface area (Å²) in [5.74, 6) is -0.527. The molecule has 2 aromatic carbocycles. The molecule has 1 aliphatic heterocycles. The van der Waals surface area contributed by atoms with Gasteiger partial charge in [-0.05, 0) is 31.5 Å². The van der Waals surface area contributed by atoms with E-state index in [4.69, 9.17) is 4.74 Å². The van der Waals surface area contributed by atoms with Crippen LogP contribution in [-0.4, -0.2) is 11.9 Å². The first-order valence-corrected chi connectivity index (χ1v) is 7.21. The maximum atomic E-state index is 12.2. The fourth-order valence-corrected chi connectivity index (χ4v) is 2.69. The molecule has 22 heavy (non-hydrogen) atoms. The van der Waals surface area contributed by atoms with Gasteiger partial charge in [0.1, 0.15) is 6.10 Å². The fourth-order valence-electron chi connectivity index (χ4n) is 2.69. The molecule has 0 bridgehead atoms. The van der Waals surface area contributed by atoms with Crippen LogP contribution in [0.15, 0.2) is 42.5 Å². The van der Waals surface area contributed by atoms with Gasteiger partial charge in [-0.15, -0.1) is 0 Å². The molecule has 4 heteroatoms. The highest BCUT2D eigenvalue weighted by molar-refractivity contribution is 5.96. The minimum absolute atomic E-state index is 0.121. The van der Waals surface area contributed by atoms with Crippen molar-refractivity contribution >= 4 is 17.6 Å². The third-order valence-electron chi connectivity index (χ3n) is 3.80. The number of fused-ring (bicyclic) bond motifs is 1. The molecule has 0 aliphatic carbocycles. The second-order valence-electron chi connectivity index (χ2n) is 5.55. The first-order chi connectivity index (χ1) is 10.5. The van der Waals surface area contributed by atoms with Crippen LogP contribution in [0.3, 0.4) is 0 Å². The number of benzene rings is 2. The number of aryl methyl sites for hydroxylation is 2. The van der Waals surface area contributed by atoms with Crippen LogP contribution in [0, 0.1) is 13.8 Å². The van der Waals surface area contributed by atoms with Gasteiger partial charge in [0.2, 0.25) is 5.91 Å². The first kappa shape index (κ1) is 14.3. The minimum Gasteiger partial charge on any atom is -0.453 e. The van der Waals surface area contributed by atoms with Crippen LogP contribution in [0.5, 0.6) is 0 Å². The van der Waals surface area contributed by atoms with Crippen LogP contribution in [0.25, 0.3) is 0 Å². The van der Waals surface area contributed by atoms with E-state index in [9.17, 15) is 9.59 Å². The van der Waals surface area contributed by atoms with E-state index in [1.165, 1.54) is 0 Å². The zero-order chi connectivity index (χ0) is 15.7. The van der Waals surface area contributed by atoms with Gasteiger partial charge in [0.05, 0.1) is 12.0 Å². The van der Waals surface area contributed by atoms with E-state index >= 15 is 0 Å². The van der Waals surface area contributed by atoms with Crippen LogP contribution in [0.4, 0.5) is 5.69 Å². The number of amides is 1. The monoisotopic (exact) mass is 295 g/mol. The molecule has 1 amide bonds. The molecule has 4 nitrogen and oxygen atoms in total. The van der Waals surface area contributed by atoms with Crippen LogP contribution in [0.1, 0.15) is 39.6 Å². The highest BCUT2D eigenvalue weighted by Crippen LogP contribution is 2.33. The van der Waals surface area contributed by atoms with Crippen LogP contribution in [-0.2, 0) is 9.53 Å². The maximum absolute atomic E-state index is 12.2. The molecule has 1 N–H and O–H groups in total. The van der Waals surface area contributed by atoms with E-state index in [2.05, 4.69) is 5.32 Å². The van der Waals surface area contributed by atoms with Crippen molar-refractivity contribution in [2.75, 3.05) is 5.32 Å². The number of carbonyl (C=O) groups is 2. The Morgan fingerprint density at radius 3 is 2.73 bits per heavy atom. The Balaban J connectivity index is 1.72. The van der Waals surface area contributed by atoms with Crippen molar-refractivity contribution in [1.29, 1.82) is 0 Å². The summed E-state index contributed by atoms with van der Waals surface area (Å²) in [6.07, 6.45) is -0.384. The Hall–Kier alpha value is -2.62. The van der Waals surface area contributed by atoms with E-state index in [1.54, 1.807) is 12.1 Å². The molecule has 3 rings (SSSR count). The van der Waals surface area contributed by atoms with Gasteiger partial charge in [-0.2, -0.15) is 0 Å². The summed E-state index contributed by atoms with van der Waals surface area (Å²) in [5, 5.41) is 2.88. The number of hydrogen-bond donors (Lipinski definition) is 1. The lowest BCUT2D eigenvalue weighted by atomic mass is 10.0. The molecule has 0 saturated heterocycles. The lowest BCUT2D eigenvalue weighted by Crippen LogP contribution is -2.16. The second-order valence-corrected chi connectivity index (χ2v) is 5.55. The van der Waals surface area contributed by atoms with E-state index in [0.717, 1.165) is 22.4 Å². The summed E-state index contributed by atoms with van der Waals surface area (Å²) in [6, 6.07) is 13.0. The predicted octanol–water partition coefficient (Wildman–Crippen LogP) is 3.54. The molecular formula is C18H17NO3. The fraction of sp³-hybridized carbons (Fsp3) is 0.222. The number of cyclic esters (lactones) is 1. The Bertz CT molecular complexity index is 752. The van der Waals surface area contributed by atoms with Gasteiger partial charge in [-0.25, -0.2) is 4.79 Å². The smallest absolute Gasteiger partial charge is 0.339 e. The van der Waals surface area contributed by atoms with Gasteiger partial charge in [-0.1, -0.05) is 35.9 Å². The Labute approximate surface area is 129 Å². The summed E-state index contributed by atoms with van der Waals surface area (Å²) >= 11 is 0. The molecule has 0 fully saturated rings. The van der Waals surface area contributed by atoms with Crippen molar-refractivity contribution in [3.8, 4) is 0 Å². The summed E-state index contributed by atoms with van der Waals surface area (Å²) in [7, 11) is 0. The minimum atomic E-state index is -0.505. The molecule has 0 aromatic heterocycles.